The second-order valence-corrected chi connectivity index (χ2v) is 8.43. The summed E-state index contributed by atoms with van der Waals surface area (Å²) in [7, 11) is -3.62. The van der Waals surface area contributed by atoms with E-state index in [-0.39, 0.29) is 27.7 Å². The third kappa shape index (κ3) is 4.81. The minimum Gasteiger partial charge on any atom is -0.316 e. The van der Waals surface area contributed by atoms with Crippen LogP contribution in [0.25, 0.3) is 0 Å². The molecule has 120 valence electrons. The molecule has 1 aromatic rings. The average molecular weight is 418 g/mol. The molecule has 1 aliphatic heterocycles. The van der Waals surface area contributed by atoms with E-state index in [1.807, 2.05) is 0 Å². The van der Waals surface area contributed by atoms with Crippen molar-refractivity contribution in [2.45, 2.75) is 24.7 Å². The van der Waals surface area contributed by atoms with Gasteiger partial charge in [-0.05, 0) is 52.9 Å². The van der Waals surface area contributed by atoms with Gasteiger partial charge < -0.3 is 5.32 Å². The number of halogens is 3. The number of benzene rings is 1. The number of nitrogens with one attached hydrogen (secondary N) is 2. The Morgan fingerprint density at radius 3 is 2.76 bits per heavy atom. The largest absolute Gasteiger partial charge is 0.316 e. The third-order valence-corrected chi connectivity index (χ3v) is 6.41. The third-order valence-electron chi connectivity index (χ3n) is 3.56. The molecule has 2 rings (SSSR count). The van der Waals surface area contributed by atoms with Gasteiger partial charge in [-0.1, -0.05) is 24.6 Å². The van der Waals surface area contributed by atoms with Gasteiger partial charge in [-0.15, -0.1) is 12.4 Å². The molecule has 1 fully saturated rings. The smallest absolute Gasteiger partial charge is 0.243 e. The molecule has 2 N–H and O–H groups in total. The van der Waals surface area contributed by atoms with Crippen LogP contribution in [0.1, 0.15) is 19.8 Å². The van der Waals surface area contributed by atoms with E-state index >= 15 is 0 Å². The first-order valence-corrected chi connectivity index (χ1v) is 9.14. The van der Waals surface area contributed by atoms with Crippen LogP contribution in [0.4, 0.5) is 0 Å². The maximum Gasteiger partial charge on any atom is 0.243 e. The second kappa shape index (κ2) is 7.62. The summed E-state index contributed by atoms with van der Waals surface area (Å²) in [5.41, 5.74) is -0.0565. The fraction of sp³-hybridized carbons (Fsp3) is 0.538. The van der Waals surface area contributed by atoms with Crippen LogP contribution in [0.3, 0.4) is 0 Å². The SMILES string of the molecule is CC1(CNS(=O)(=O)c2c(Cl)cccc2Br)CCCNC1.Cl. The standard InChI is InChI=1S/C13H18BrClN2O2S.ClH/c1-13(6-3-7-16-8-13)9-17-20(18,19)12-10(14)4-2-5-11(12)15;/h2,4-5,16-17H,3,6-9H2,1H3;1H. The van der Waals surface area contributed by atoms with Crippen molar-refractivity contribution in [1.82, 2.24) is 10.0 Å². The van der Waals surface area contributed by atoms with Crippen molar-refractivity contribution in [3.05, 3.63) is 27.7 Å². The number of rotatable bonds is 4. The molecule has 0 aromatic heterocycles. The molecule has 8 heteroatoms. The Kier molecular flexibility index (Phi) is 6.96. The highest BCUT2D eigenvalue weighted by atomic mass is 79.9. The minimum atomic E-state index is -3.62. The topological polar surface area (TPSA) is 58.2 Å². The molecule has 21 heavy (non-hydrogen) atoms. The average Bonchev–Trinajstić information content (AvgIpc) is 2.37. The molecule has 0 radical (unpaired) electrons. The first-order chi connectivity index (χ1) is 9.34. The second-order valence-electron chi connectivity index (χ2n) is 5.47. The van der Waals surface area contributed by atoms with E-state index in [0.717, 1.165) is 25.9 Å². The fourth-order valence-electron chi connectivity index (χ4n) is 2.35. The molecule has 0 bridgehead atoms. The highest BCUT2D eigenvalue weighted by Crippen LogP contribution is 2.30. The summed E-state index contributed by atoms with van der Waals surface area (Å²) in [6.45, 7) is 4.31. The highest BCUT2D eigenvalue weighted by molar-refractivity contribution is 9.10. The molecule has 1 atom stereocenters. The van der Waals surface area contributed by atoms with Gasteiger partial charge in [0.2, 0.25) is 10.0 Å². The van der Waals surface area contributed by atoms with Crippen LogP contribution in [0, 0.1) is 5.41 Å². The zero-order chi connectivity index (χ0) is 14.8. The normalized spacial score (nSPS) is 22.6. The zero-order valence-electron chi connectivity index (χ0n) is 11.7. The summed E-state index contributed by atoms with van der Waals surface area (Å²) in [5, 5.41) is 3.53. The Hall–Kier alpha value is 0.150. The van der Waals surface area contributed by atoms with E-state index in [0.29, 0.717) is 11.0 Å². The van der Waals surface area contributed by atoms with Crippen LogP contribution in [0.2, 0.25) is 5.02 Å². The molecule has 0 aliphatic carbocycles. The first kappa shape index (κ1) is 19.2. The highest BCUT2D eigenvalue weighted by Gasteiger charge is 2.30. The molecule has 0 spiro atoms. The summed E-state index contributed by atoms with van der Waals surface area (Å²) < 4.78 is 28.0. The van der Waals surface area contributed by atoms with Gasteiger partial charge in [0.1, 0.15) is 4.90 Å². The Balaban J connectivity index is 0.00000220. The molecule has 1 aliphatic rings. The van der Waals surface area contributed by atoms with Gasteiger partial charge in [0, 0.05) is 17.6 Å². The maximum absolute atomic E-state index is 12.4. The molecule has 1 aromatic carbocycles. The molecule has 0 amide bonds. The number of piperidine rings is 1. The van der Waals surface area contributed by atoms with Crippen molar-refractivity contribution in [1.29, 1.82) is 0 Å². The Morgan fingerprint density at radius 2 is 2.19 bits per heavy atom. The van der Waals surface area contributed by atoms with E-state index in [1.165, 1.54) is 0 Å². The summed E-state index contributed by atoms with van der Waals surface area (Å²) in [6, 6.07) is 4.95. The Labute approximate surface area is 145 Å². The first-order valence-electron chi connectivity index (χ1n) is 6.48. The van der Waals surface area contributed by atoms with Crippen molar-refractivity contribution >= 4 is 50.0 Å². The molecular weight excluding hydrogens is 399 g/mol. The van der Waals surface area contributed by atoms with Crippen LogP contribution < -0.4 is 10.0 Å². The summed E-state index contributed by atoms with van der Waals surface area (Å²) in [4.78, 5) is 0.106. The van der Waals surface area contributed by atoms with Crippen molar-refractivity contribution in [3.8, 4) is 0 Å². The van der Waals surface area contributed by atoms with E-state index in [4.69, 9.17) is 11.6 Å². The Morgan fingerprint density at radius 1 is 1.48 bits per heavy atom. The lowest BCUT2D eigenvalue weighted by molar-refractivity contribution is 0.238. The van der Waals surface area contributed by atoms with Crippen LogP contribution in [-0.4, -0.2) is 28.1 Å². The number of hydrogen-bond donors (Lipinski definition) is 2. The zero-order valence-corrected chi connectivity index (χ0v) is 15.6. The molecule has 1 unspecified atom stereocenters. The van der Waals surface area contributed by atoms with Gasteiger partial charge in [-0.2, -0.15) is 0 Å². The van der Waals surface area contributed by atoms with Crippen LogP contribution in [0.15, 0.2) is 27.6 Å². The summed E-state index contributed by atoms with van der Waals surface area (Å²) in [5.74, 6) is 0. The fourth-order valence-corrected chi connectivity index (χ4v) is 5.28. The molecule has 1 heterocycles. The number of sulfonamides is 1. The molecule has 4 nitrogen and oxygen atoms in total. The lowest BCUT2D eigenvalue weighted by Crippen LogP contribution is -2.45. The van der Waals surface area contributed by atoms with Gasteiger partial charge in [0.15, 0.2) is 0 Å². The predicted molar refractivity (Wildman–Crippen MR) is 91.8 cm³/mol. The van der Waals surface area contributed by atoms with E-state index in [9.17, 15) is 8.42 Å². The maximum atomic E-state index is 12.4. The summed E-state index contributed by atoms with van der Waals surface area (Å²) >= 11 is 9.26. The van der Waals surface area contributed by atoms with Crippen LogP contribution in [-0.2, 0) is 10.0 Å². The van der Waals surface area contributed by atoms with Crippen molar-refractivity contribution in [2.75, 3.05) is 19.6 Å². The van der Waals surface area contributed by atoms with Crippen molar-refractivity contribution < 1.29 is 8.42 Å². The van der Waals surface area contributed by atoms with Crippen molar-refractivity contribution in [2.24, 2.45) is 5.41 Å². The number of hydrogen-bond acceptors (Lipinski definition) is 3. The van der Waals surface area contributed by atoms with Gasteiger partial charge in [-0.25, -0.2) is 13.1 Å². The molecule has 1 saturated heterocycles. The van der Waals surface area contributed by atoms with E-state index in [1.54, 1.807) is 18.2 Å². The van der Waals surface area contributed by atoms with Gasteiger partial charge in [0.25, 0.3) is 0 Å². The van der Waals surface area contributed by atoms with Crippen LogP contribution >= 0.6 is 39.9 Å². The lowest BCUT2D eigenvalue weighted by Gasteiger charge is -2.34. The lowest BCUT2D eigenvalue weighted by atomic mass is 9.83. The monoisotopic (exact) mass is 416 g/mol. The quantitative estimate of drug-likeness (QED) is 0.790. The summed E-state index contributed by atoms with van der Waals surface area (Å²) in [6.07, 6.45) is 2.07. The predicted octanol–water partition coefficient (Wildman–Crippen LogP) is 3.19. The van der Waals surface area contributed by atoms with Gasteiger partial charge in [0.05, 0.1) is 5.02 Å². The van der Waals surface area contributed by atoms with Crippen LogP contribution in [0.5, 0.6) is 0 Å². The Bertz CT molecular complexity index is 570. The molecule has 0 saturated carbocycles. The molecular formula is C13H19BrCl2N2O2S. The van der Waals surface area contributed by atoms with Gasteiger partial charge in [-0.3, -0.25) is 0 Å². The van der Waals surface area contributed by atoms with E-state index < -0.39 is 10.0 Å². The minimum absolute atomic E-state index is 0. The van der Waals surface area contributed by atoms with E-state index in [2.05, 4.69) is 32.9 Å². The van der Waals surface area contributed by atoms with Crippen molar-refractivity contribution in [3.63, 3.8) is 0 Å². The van der Waals surface area contributed by atoms with Gasteiger partial charge >= 0.3 is 0 Å².